The third-order valence-electron chi connectivity index (χ3n) is 4.23. The van der Waals surface area contributed by atoms with Crippen molar-refractivity contribution in [2.24, 2.45) is 5.92 Å². The topological polar surface area (TPSA) is 42.4 Å². The highest BCUT2D eigenvalue weighted by atomic mass is 16.5. The van der Waals surface area contributed by atoms with Crippen molar-refractivity contribution >= 4 is 5.91 Å². The molecule has 1 amide bonds. The summed E-state index contributed by atoms with van der Waals surface area (Å²) in [6, 6.07) is 13.6. The van der Waals surface area contributed by atoms with E-state index in [0.717, 1.165) is 18.8 Å². The fourth-order valence-corrected chi connectivity index (χ4v) is 2.80. The molecule has 0 radical (unpaired) electrons. The lowest BCUT2D eigenvalue weighted by Gasteiger charge is -2.41. The van der Waals surface area contributed by atoms with Crippen molar-refractivity contribution in [3.05, 3.63) is 60.4 Å². The molecule has 1 aliphatic rings. The summed E-state index contributed by atoms with van der Waals surface area (Å²) in [5.41, 5.74) is 1.24. The number of benzene rings is 1. The first-order chi connectivity index (χ1) is 11.1. The zero-order chi connectivity index (χ0) is 16.2. The molecule has 1 saturated heterocycles. The number of para-hydroxylation sites is 1. The average molecular weight is 310 g/mol. The Morgan fingerprint density at radius 2 is 1.78 bits per heavy atom. The van der Waals surface area contributed by atoms with Gasteiger partial charge in [-0.05, 0) is 35.7 Å². The second kappa shape index (κ2) is 6.82. The molecule has 23 heavy (non-hydrogen) atoms. The van der Waals surface area contributed by atoms with Gasteiger partial charge in [-0.3, -0.25) is 9.78 Å². The summed E-state index contributed by atoms with van der Waals surface area (Å²) < 4.78 is 5.93. The molecule has 0 bridgehead atoms. The normalized spacial score (nSPS) is 16.0. The Labute approximate surface area is 137 Å². The number of carbonyl (C=O) groups is 1. The monoisotopic (exact) mass is 310 g/mol. The molecule has 0 unspecified atom stereocenters. The summed E-state index contributed by atoms with van der Waals surface area (Å²) in [4.78, 5) is 18.7. The number of aromatic nitrogens is 1. The largest absolute Gasteiger partial charge is 0.480 e. The van der Waals surface area contributed by atoms with E-state index in [1.54, 1.807) is 12.4 Å². The number of amides is 1. The summed E-state index contributed by atoms with van der Waals surface area (Å²) in [5.74, 6) is 1.36. The van der Waals surface area contributed by atoms with Crippen LogP contribution in [0.25, 0.3) is 0 Å². The van der Waals surface area contributed by atoms with Gasteiger partial charge in [0.2, 0.25) is 0 Å². The van der Waals surface area contributed by atoms with E-state index in [1.165, 1.54) is 5.56 Å². The van der Waals surface area contributed by atoms with E-state index in [-0.39, 0.29) is 11.8 Å². The lowest BCUT2D eigenvalue weighted by Crippen LogP contribution is -2.54. The summed E-state index contributed by atoms with van der Waals surface area (Å²) in [7, 11) is 0. The van der Waals surface area contributed by atoms with Crippen LogP contribution in [0, 0.1) is 5.92 Å². The van der Waals surface area contributed by atoms with Crippen molar-refractivity contribution in [1.82, 2.24) is 9.88 Å². The van der Waals surface area contributed by atoms with E-state index in [2.05, 4.69) is 4.98 Å². The highest BCUT2D eigenvalue weighted by Crippen LogP contribution is 2.28. The van der Waals surface area contributed by atoms with Gasteiger partial charge < -0.3 is 9.64 Å². The van der Waals surface area contributed by atoms with Gasteiger partial charge in [0.15, 0.2) is 6.10 Å². The molecule has 1 fully saturated rings. The third-order valence-corrected chi connectivity index (χ3v) is 4.23. The van der Waals surface area contributed by atoms with E-state index >= 15 is 0 Å². The summed E-state index contributed by atoms with van der Waals surface area (Å²) in [6.07, 6.45) is 3.17. The number of hydrogen-bond donors (Lipinski definition) is 0. The smallest absolute Gasteiger partial charge is 0.263 e. The minimum absolute atomic E-state index is 0.0779. The Morgan fingerprint density at radius 1 is 1.13 bits per heavy atom. The first-order valence-electron chi connectivity index (χ1n) is 8.05. The molecule has 120 valence electrons. The fourth-order valence-electron chi connectivity index (χ4n) is 2.80. The molecule has 1 aliphatic heterocycles. The van der Waals surface area contributed by atoms with Crippen molar-refractivity contribution in [3.8, 4) is 5.75 Å². The van der Waals surface area contributed by atoms with Crippen LogP contribution >= 0.6 is 0 Å². The van der Waals surface area contributed by atoms with Crippen LogP contribution < -0.4 is 4.74 Å². The molecule has 1 aromatic carbocycles. The maximum absolute atomic E-state index is 12.7. The van der Waals surface area contributed by atoms with Gasteiger partial charge in [0.25, 0.3) is 5.91 Å². The van der Waals surface area contributed by atoms with Crippen LogP contribution in [0.2, 0.25) is 0 Å². The second-order valence-corrected chi connectivity index (χ2v) is 6.32. The van der Waals surface area contributed by atoms with Crippen LogP contribution in [0.4, 0.5) is 0 Å². The molecule has 2 heterocycles. The Bertz CT molecular complexity index is 637. The molecule has 3 rings (SSSR count). The van der Waals surface area contributed by atoms with E-state index in [9.17, 15) is 4.79 Å². The standard InChI is InChI=1S/C19H22N2O2/c1-14(2)18(23-17-6-4-3-5-7-17)19(22)21-12-16(13-21)15-8-10-20-11-9-15/h3-11,14,16,18H,12-13H2,1-2H3/t18-/m1/s1. The molecule has 4 heteroatoms. The first kappa shape index (κ1) is 15.5. The highest BCUT2D eigenvalue weighted by molar-refractivity contribution is 5.82. The molecule has 0 saturated carbocycles. The van der Waals surface area contributed by atoms with E-state index in [1.807, 2.05) is 61.2 Å². The zero-order valence-corrected chi connectivity index (χ0v) is 13.6. The third kappa shape index (κ3) is 3.52. The number of ether oxygens (including phenoxy) is 1. The minimum Gasteiger partial charge on any atom is -0.480 e. The second-order valence-electron chi connectivity index (χ2n) is 6.32. The highest BCUT2D eigenvalue weighted by Gasteiger charge is 2.37. The Morgan fingerprint density at radius 3 is 2.39 bits per heavy atom. The molecule has 0 spiro atoms. The van der Waals surface area contributed by atoms with Crippen molar-refractivity contribution < 1.29 is 9.53 Å². The van der Waals surface area contributed by atoms with Gasteiger partial charge in [-0.1, -0.05) is 32.0 Å². The van der Waals surface area contributed by atoms with Crippen LogP contribution in [0.15, 0.2) is 54.9 Å². The molecular formula is C19H22N2O2. The Balaban J connectivity index is 1.62. The molecule has 1 atom stereocenters. The summed E-state index contributed by atoms with van der Waals surface area (Å²) in [5, 5.41) is 0. The van der Waals surface area contributed by atoms with Gasteiger partial charge in [0.1, 0.15) is 5.75 Å². The first-order valence-corrected chi connectivity index (χ1v) is 8.05. The van der Waals surface area contributed by atoms with Crippen molar-refractivity contribution in [3.63, 3.8) is 0 Å². The summed E-state index contributed by atoms with van der Waals surface area (Å²) >= 11 is 0. The number of pyridine rings is 1. The predicted molar refractivity (Wildman–Crippen MR) is 89.3 cm³/mol. The average Bonchev–Trinajstić information content (AvgIpc) is 2.53. The molecule has 1 aromatic heterocycles. The molecule has 2 aromatic rings. The van der Waals surface area contributed by atoms with Gasteiger partial charge in [-0.2, -0.15) is 0 Å². The molecular weight excluding hydrogens is 288 g/mol. The minimum atomic E-state index is -0.434. The van der Waals surface area contributed by atoms with E-state index in [0.29, 0.717) is 5.92 Å². The number of likely N-dealkylation sites (tertiary alicyclic amines) is 1. The number of hydrogen-bond acceptors (Lipinski definition) is 3. The van der Waals surface area contributed by atoms with Gasteiger partial charge in [0, 0.05) is 31.4 Å². The van der Waals surface area contributed by atoms with Crippen LogP contribution in [0.5, 0.6) is 5.75 Å². The Hall–Kier alpha value is -2.36. The quantitative estimate of drug-likeness (QED) is 0.852. The van der Waals surface area contributed by atoms with Crippen LogP contribution in [0.3, 0.4) is 0 Å². The molecule has 0 N–H and O–H groups in total. The maximum Gasteiger partial charge on any atom is 0.263 e. The molecule has 0 aliphatic carbocycles. The SMILES string of the molecule is CC(C)[C@@H](Oc1ccccc1)C(=O)N1CC(c2ccncc2)C1. The van der Waals surface area contributed by atoms with E-state index < -0.39 is 6.10 Å². The lowest BCUT2D eigenvalue weighted by atomic mass is 9.91. The lowest BCUT2D eigenvalue weighted by molar-refractivity contribution is -0.145. The number of nitrogens with zero attached hydrogens (tertiary/aromatic N) is 2. The van der Waals surface area contributed by atoms with Gasteiger partial charge in [-0.25, -0.2) is 0 Å². The number of rotatable bonds is 5. The van der Waals surface area contributed by atoms with Crippen molar-refractivity contribution in [2.45, 2.75) is 25.9 Å². The molecule has 4 nitrogen and oxygen atoms in total. The maximum atomic E-state index is 12.7. The van der Waals surface area contributed by atoms with Gasteiger partial charge in [0.05, 0.1) is 0 Å². The fraction of sp³-hybridized carbons (Fsp3) is 0.368. The predicted octanol–water partition coefficient (Wildman–Crippen LogP) is 3.11. The van der Waals surface area contributed by atoms with Gasteiger partial charge >= 0.3 is 0 Å². The summed E-state index contributed by atoms with van der Waals surface area (Å²) in [6.45, 7) is 5.55. The van der Waals surface area contributed by atoms with Gasteiger partial charge in [-0.15, -0.1) is 0 Å². The van der Waals surface area contributed by atoms with Crippen molar-refractivity contribution in [2.75, 3.05) is 13.1 Å². The van der Waals surface area contributed by atoms with Crippen LogP contribution in [-0.4, -0.2) is 35.0 Å². The number of carbonyl (C=O) groups excluding carboxylic acids is 1. The van der Waals surface area contributed by atoms with Crippen molar-refractivity contribution in [1.29, 1.82) is 0 Å². The zero-order valence-electron chi connectivity index (χ0n) is 13.6. The Kier molecular flexibility index (Phi) is 4.60. The van der Waals surface area contributed by atoms with Crippen LogP contribution in [-0.2, 0) is 4.79 Å². The van der Waals surface area contributed by atoms with Crippen LogP contribution in [0.1, 0.15) is 25.3 Å². The van der Waals surface area contributed by atoms with E-state index in [4.69, 9.17) is 4.74 Å².